The van der Waals surface area contributed by atoms with Gasteiger partial charge in [0.2, 0.25) is 11.9 Å². The lowest BCUT2D eigenvalue weighted by atomic mass is 10.2. The normalized spacial score (nSPS) is 10.1. The van der Waals surface area contributed by atoms with Crippen molar-refractivity contribution in [3.05, 3.63) is 46.7 Å². The zero-order valence-electron chi connectivity index (χ0n) is 10.6. The Morgan fingerprint density at radius 1 is 1.29 bits per heavy atom. The predicted octanol–water partition coefficient (Wildman–Crippen LogP) is 2.67. The molecule has 0 aliphatic carbocycles. The Morgan fingerprint density at radius 3 is 2.67 bits per heavy atom. The highest BCUT2D eigenvalue weighted by molar-refractivity contribution is 9.10. The molecule has 0 aliphatic heterocycles. The van der Waals surface area contributed by atoms with Crippen molar-refractivity contribution in [3.63, 3.8) is 0 Å². The molecular weight excluding hydrogens is 358 g/mol. The fraction of sp³-hybridized carbons (Fsp3) is 0.0769. The molecule has 8 heteroatoms. The van der Waals surface area contributed by atoms with Gasteiger partial charge in [-0.3, -0.25) is 10.1 Å². The predicted molar refractivity (Wildman–Crippen MR) is 82.5 cm³/mol. The monoisotopic (exact) mass is 367 g/mol. The molecular formula is C13H10BrN3O3S. The van der Waals surface area contributed by atoms with E-state index >= 15 is 0 Å². The molecule has 2 rings (SSSR count). The molecule has 0 bridgehead atoms. The molecule has 1 heterocycles. The molecule has 21 heavy (non-hydrogen) atoms. The first-order chi connectivity index (χ1) is 10.1. The summed E-state index contributed by atoms with van der Waals surface area (Å²) in [4.78, 5) is 31.2. The Bertz CT molecular complexity index is 667. The van der Waals surface area contributed by atoms with Crippen molar-refractivity contribution in [1.82, 2.24) is 9.97 Å². The molecule has 6 nitrogen and oxygen atoms in total. The van der Waals surface area contributed by atoms with Crippen LogP contribution in [0, 0.1) is 0 Å². The van der Waals surface area contributed by atoms with Crippen LogP contribution in [0.15, 0.2) is 46.0 Å². The third-order valence-electron chi connectivity index (χ3n) is 2.36. The molecule has 0 radical (unpaired) electrons. The van der Waals surface area contributed by atoms with Crippen molar-refractivity contribution in [2.75, 3.05) is 11.1 Å². The van der Waals surface area contributed by atoms with Crippen molar-refractivity contribution in [1.29, 1.82) is 0 Å². The number of anilines is 1. The number of carbonyl (C=O) groups excluding carboxylic acids is 1. The second-order valence-corrected chi connectivity index (χ2v) is 5.76. The second-order valence-electron chi connectivity index (χ2n) is 3.86. The van der Waals surface area contributed by atoms with Crippen molar-refractivity contribution in [3.8, 4) is 0 Å². The molecule has 0 fully saturated rings. The van der Waals surface area contributed by atoms with Gasteiger partial charge in [0.15, 0.2) is 0 Å². The van der Waals surface area contributed by atoms with Crippen LogP contribution < -0.4 is 5.32 Å². The number of aromatic nitrogens is 2. The quantitative estimate of drug-likeness (QED) is 0.789. The van der Waals surface area contributed by atoms with Crippen LogP contribution in [0.3, 0.4) is 0 Å². The van der Waals surface area contributed by atoms with E-state index in [1.807, 2.05) is 0 Å². The fourth-order valence-electron chi connectivity index (χ4n) is 1.43. The summed E-state index contributed by atoms with van der Waals surface area (Å²) in [7, 11) is 0. The van der Waals surface area contributed by atoms with E-state index in [1.165, 1.54) is 30.2 Å². The van der Waals surface area contributed by atoms with E-state index in [0.717, 1.165) is 0 Å². The first kappa shape index (κ1) is 15.5. The Morgan fingerprint density at radius 2 is 2.00 bits per heavy atom. The number of halogens is 1. The molecule has 0 saturated carbocycles. The van der Waals surface area contributed by atoms with Gasteiger partial charge in [-0.05, 0) is 40.2 Å². The largest absolute Gasteiger partial charge is 0.478 e. The average Bonchev–Trinajstić information content (AvgIpc) is 2.47. The maximum absolute atomic E-state index is 11.7. The number of hydrogen-bond donors (Lipinski definition) is 2. The topological polar surface area (TPSA) is 92.2 Å². The van der Waals surface area contributed by atoms with Crippen molar-refractivity contribution < 1.29 is 14.7 Å². The minimum atomic E-state index is -1.02. The fourth-order valence-corrected chi connectivity index (χ4v) is 2.58. The number of rotatable bonds is 5. The number of nitrogens with one attached hydrogen (secondary N) is 1. The van der Waals surface area contributed by atoms with Gasteiger partial charge in [0.1, 0.15) is 0 Å². The summed E-state index contributed by atoms with van der Waals surface area (Å²) in [5.41, 5.74) is 0.159. The number of benzene rings is 1. The molecule has 1 aromatic heterocycles. The molecule has 108 valence electrons. The standard InChI is InChI=1S/C13H10BrN3O3S/c14-10-3-2-8(6-9(10)12(19)20)21-7-11(18)17-13-15-4-1-5-16-13/h1-6H,7H2,(H,19,20)(H,15,16,17,18). The molecule has 0 atom stereocenters. The molecule has 1 aromatic carbocycles. The van der Waals surface area contributed by atoms with Crippen LogP contribution in [0.1, 0.15) is 10.4 Å². The van der Waals surface area contributed by atoms with Crippen LogP contribution in [-0.4, -0.2) is 32.7 Å². The van der Waals surface area contributed by atoms with Gasteiger partial charge >= 0.3 is 5.97 Å². The Hall–Kier alpha value is -1.93. The van der Waals surface area contributed by atoms with E-state index in [2.05, 4.69) is 31.2 Å². The Kier molecular flexibility index (Phi) is 5.29. The number of carboxylic acids is 1. The smallest absolute Gasteiger partial charge is 0.336 e. The average molecular weight is 368 g/mol. The van der Waals surface area contributed by atoms with E-state index in [4.69, 9.17) is 5.11 Å². The van der Waals surface area contributed by atoms with Gasteiger partial charge in [-0.2, -0.15) is 0 Å². The Balaban J connectivity index is 1.95. The summed E-state index contributed by atoms with van der Waals surface area (Å²) in [6.07, 6.45) is 3.06. The summed E-state index contributed by atoms with van der Waals surface area (Å²) in [6.45, 7) is 0. The first-order valence-electron chi connectivity index (χ1n) is 5.79. The van der Waals surface area contributed by atoms with Gasteiger partial charge in [0, 0.05) is 21.8 Å². The molecule has 2 N–H and O–H groups in total. The third kappa shape index (κ3) is 4.54. The van der Waals surface area contributed by atoms with Gasteiger partial charge in [0.05, 0.1) is 11.3 Å². The maximum Gasteiger partial charge on any atom is 0.336 e. The van der Waals surface area contributed by atoms with Crippen molar-refractivity contribution >= 4 is 45.5 Å². The molecule has 0 aliphatic rings. The molecule has 0 spiro atoms. The van der Waals surface area contributed by atoms with Gasteiger partial charge in [-0.25, -0.2) is 14.8 Å². The van der Waals surface area contributed by atoms with Gasteiger partial charge in [-0.15, -0.1) is 11.8 Å². The summed E-state index contributed by atoms with van der Waals surface area (Å²) < 4.78 is 0.501. The second kappa shape index (κ2) is 7.19. The molecule has 0 unspecified atom stereocenters. The van der Waals surface area contributed by atoms with Crippen LogP contribution >= 0.6 is 27.7 Å². The minimum Gasteiger partial charge on any atom is -0.478 e. The third-order valence-corrected chi connectivity index (χ3v) is 4.04. The number of thioether (sulfide) groups is 1. The van der Waals surface area contributed by atoms with E-state index in [0.29, 0.717) is 9.37 Å². The van der Waals surface area contributed by atoms with E-state index in [9.17, 15) is 9.59 Å². The highest BCUT2D eigenvalue weighted by atomic mass is 79.9. The lowest BCUT2D eigenvalue weighted by Gasteiger charge is -2.05. The van der Waals surface area contributed by atoms with Gasteiger partial charge in [-0.1, -0.05) is 0 Å². The van der Waals surface area contributed by atoms with Crippen LogP contribution in [0.5, 0.6) is 0 Å². The summed E-state index contributed by atoms with van der Waals surface area (Å²) in [5, 5.41) is 11.6. The summed E-state index contributed by atoms with van der Waals surface area (Å²) in [6, 6.07) is 6.56. The van der Waals surface area contributed by atoms with Crippen LogP contribution in [-0.2, 0) is 4.79 Å². The molecule has 1 amide bonds. The van der Waals surface area contributed by atoms with Crippen molar-refractivity contribution in [2.24, 2.45) is 0 Å². The van der Waals surface area contributed by atoms with Crippen LogP contribution in [0.4, 0.5) is 5.95 Å². The summed E-state index contributed by atoms with van der Waals surface area (Å²) >= 11 is 4.41. The maximum atomic E-state index is 11.7. The number of carbonyl (C=O) groups is 2. The lowest BCUT2D eigenvalue weighted by Crippen LogP contribution is -2.15. The number of carboxylic acid groups (broad SMARTS) is 1. The van der Waals surface area contributed by atoms with Crippen molar-refractivity contribution in [2.45, 2.75) is 4.90 Å². The molecule has 0 saturated heterocycles. The van der Waals surface area contributed by atoms with Crippen LogP contribution in [0.25, 0.3) is 0 Å². The Labute approximate surface area is 133 Å². The van der Waals surface area contributed by atoms with Gasteiger partial charge < -0.3 is 5.11 Å². The SMILES string of the molecule is O=C(CSc1ccc(Br)c(C(=O)O)c1)Nc1ncccn1. The highest BCUT2D eigenvalue weighted by Crippen LogP contribution is 2.25. The highest BCUT2D eigenvalue weighted by Gasteiger charge is 2.10. The first-order valence-corrected chi connectivity index (χ1v) is 7.56. The number of amides is 1. The number of hydrogen-bond acceptors (Lipinski definition) is 5. The minimum absolute atomic E-state index is 0.138. The van der Waals surface area contributed by atoms with E-state index in [1.54, 1.807) is 18.2 Å². The zero-order valence-corrected chi connectivity index (χ0v) is 13.0. The van der Waals surface area contributed by atoms with E-state index in [-0.39, 0.29) is 23.2 Å². The lowest BCUT2D eigenvalue weighted by molar-refractivity contribution is -0.113. The van der Waals surface area contributed by atoms with Crippen LogP contribution in [0.2, 0.25) is 0 Å². The summed E-state index contributed by atoms with van der Waals surface area (Å²) in [5.74, 6) is -0.901. The zero-order chi connectivity index (χ0) is 15.2. The van der Waals surface area contributed by atoms with E-state index < -0.39 is 5.97 Å². The number of nitrogens with zero attached hydrogens (tertiary/aromatic N) is 2. The number of aromatic carboxylic acids is 1. The van der Waals surface area contributed by atoms with Gasteiger partial charge in [0.25, 0.3) is 0 Å². The molecule has 2 aromatic rings.